The number of aryl methyl sites for hydroxylation is 1. The lowest BCUT2D eigenvalue weighted by molar-refractivity contribution is -0.121. The molecule has 1 aliphatic heterocycles. The third-order valence-electron chi connectivity index (χ3n) is 7.54. The summed E-state index contributed by atoms with van der Waals surface area (Å²) in [5.41, 5.74) is 4.17. The summed E-state index contributed by atoms with van der Waals surface area (Å²) in [5.74, 6) is 3.03. The van der Waals surface area contributed by atoms with Crippen LogP contribution in [0.2, 0.25) is 0 Å². The predicted molar refractivity (Wildman–Crippen MR) is 124 cm³/mol. The highest BCUT2D eigenvalue weighted by atomic mass is 16.5. The van der Waals surface area contributed by atoms with E-state index in [0.29, 0.717) is 24.3 Å². The van der Waals surface area contributed by atoms with Crippen LogP contribution in [0.4, 0.5) is 0 Å². The first-order valence-corrected chi connectivity index (χ1v) is 12.3. The van der Waals surface area contributed by atoms with E-state index in [1.165, 1.54) is 49.0 Å². The van der Waals surface area contributed by atoms with E-state index in [2.05, 4.69) is 47.4 Å². The number of nitrogens with zero attached hydrogens (tertiary/aromatic N) is 1. The van der Waals surface area contributed by atoms with E-state index < -0.39 is 0 Å². The monoisotopic (exact) mass is 417 g/mol. The van der Waals surface area contributed by atoms with Crippen molar-refractivity contribution in [3.8, 4) is 5.75 Å². The van der Waals surface area contributed by atoms with Gasteiger partial charge in [-0.3, -0.25) is 9.69 Å². The molecule has 1 unspecified atom stereocenters. The quantitative estimate of drug-likeness (QED) is 0.613. The van der Waals surface area contributed by atoms with Crippen LogP contribution in [-0.2, 0) is 24.2 Å². The average molecular weight is 418 g/mol. The molecule has 0 radical (unpaired) electrons. The van der Waals surface area contributed by atoms with E-state index in [-0.39, 0.29) is 0 Å². The molecule has 2 aromatic rings. The van der Waals surface area contributed by atoms with Crippen molar-refractivity contribution in [2.75, 3.05) is 13.1 Å². The average Bonchev–Trinajstić information content (AvgIpc) is 3.61. The lowest BCUT2D eigenvalue weighted by atomic mass is 9.78. The van der Waals surface area contributed by atoms with Crippen molar-refractivity contribution in [2.24, 2.45) is 11.8 Å². The van der Waals surface area contributed by atoms with Crippen LogP contribution in [0.3, 0.4) is 0 Å². The summed E-state index contributed by atoms with van der Waals surface area (Å²) in [6, 6.07) is 17.7. The van der Waals surface area contributed by atoms with Crippen LogP contribution in [0.1, 0.15) is 61.6 Å². The van der Waals surface area contributed by atoms with Gasteiger partial charge in [0.05, 0.1) is 0 Å². The molecule has 0 spiro atoms. The summed E-state index contributed by atoms with van der Waals surface area (Å²) in [5, 5.41) is 0. The van der Waals surface area contributed by atoms with E-state index in [9.17, 15) is 4.79 Å². The molecular formula is C28H35NO2. The molecule has 3 nitrogen and oxygen atoms in total. The zero-order valence-electron chi connectivity index (χ0n) is 18.6. The molecule has 0 N–H and O–H groups in total. The molecule has 3 heteroatoms. The number of carbonyl (C=O) groups excluding carboxylic acids is 1. The molecule has 2 fully saturated rings. The predicted octanol–water partition coefficient (Wildman–Crippen LogP) is 5.59. The maximum Gasteiger partial charge on any atom is 0.132 e. The van der Waals surface area contributed by atoms with Gasteiger partial charge in [0.1, 0.15) is 18.1 Å². The minimum atomic E-state index is 0.469. The van der Waals surface area contributed by atoms with E-state index >= 15 is 0 Å². The third kappa shape index (κ3) is 5.38. The van der Waals surface area contributed by atoms with Gasteiger partial charge in [-0.15, -0.1) is 0 Å². The second-order valence-corrected chi connectivity index (χ2v) is 9.89. The van der Waals surface area contributed by atoms with Gasteiger partial charge in [0, 0.05) is 25.4 Å². The summed E-state index contributed by atoms with van der Waals surface area (Å²) in [7, 11) is 0. The normalized spacial score (nSPS) is 23.1. The summed E-state index contributed by atoms with van der Waals surface area (Å²) in [6.45, 7) is 3.08. The van der Waals surface area contributed by atoms with Crippen molar-refractivity contribution in [3.05, 3.63) is 65.2 Å². The molecule has 2 saturated carbocycles. The summed E-state index contributed by atoms with van der Waals surface area (Å²) in [6.07, 6.45) is 10.0. The number of carbonyl (C=O) groups is 1. The number of fused-ring (bicyclic) bond motifs is 1. The summed E-state index contributed by atoms with van der Waals surface area (Å²) < 4.78 is 6.12. The fourth-order valence-electron chi connectivity index (χ4n) is 5.53. The van der Waals surface area contributed by atoms with Crippen LogP contribution >= 0.6 is 0 Å². The summed E-state index contributed by atoms with van der Waals surface area (Å²) >= 11 is 0. The zero-order chi connectivity index (χ0) is 21.0. The Kier molecular flexibility index (Phi) is 6.40. The number of Topliss-reactive ketones (excluding diaryl/α,β-unsaturated/α-hetero) is 1. The van der Waals surface area contributed by atoms with Crippen molar-refractivity contribution in [3.63, 3.8) is 0 Å². The Morgan fingerprint density at radius 3 is 2.48 bits per heavy atom. The van der Waals surface area contributed by atoms with E-state index in [1.807, 2.05) is 6.07 Å². The van der Waals surface area contributed by atoms with Gasteiger partial charge in [-0.25, -0.2) is 0 Å². The Morgan fingerprint density at radius 2 is 1.71 bits per heavy atom. The van der Waals surface area contributed by atoms with Gasteiger partial charge in [-0.2, -0.15) is 0 Å². The van der Waals surface area contributed by atoms with Gasteiger partial charge in [0.15, 0.2) is 0 Å². The lowest BCUT2D eigenvalue weighted by Gasteiger charge is -2.40. The maximum absolute atomic E-state index is 11.9. The Bertz CT molecular complexity index is 879. The summed E-state index contributed by atoms with van der Waals surface area (Å²) in [4.78, 5) is 14.7. The first-order valence-electron chi connectivity index (χ1n) is 12.3. The molecule has 5 rings (SSSR count). The highest BCUT2D eigenvalue weighted by molar-refractivity contribution is 5.79. The van der Waals surface area contributed by atoms with Crippen LogP contribution in [0.15, 0.2) is 48.5 Å². The van der Waals surface area contributed by atoms with E-state index in [4.69, 9.17) is 4.74 Å². The largest absolute Gasteiger partial charge is 0.489 e. The van der Waals surface area contributed by atoms with Crippen LogP contribution in [0.5, 0.6) is 5.75 Å². The molecule has 0 bridgehead atoms. The molecule has 1 atom stereocenters. The molecular weight excluding hydrogens is 382 g/mol. The third-order valence-corrected chi connectivity index (χ3v) is 7.54. The molecule has 164 valence electrons. The second kappa shape index (κ2) is 9.56. The molecule has 2 aromatic carbocycles. The maximum atomic E-state index is 11.9. The molecule has 0 saturated heterocycles. The molecule has 0 aromatic heterocycles. The first kappa shape index (κ1) is 20.8. The van der Waals surface area contributed by atoms with Gasteiger partial charge >= 0.3 is 0 Å². The van der Waals surface area contributed by atoms with Crippen LogP contribution in [0, 0.1) is 11.8 Å². The van der Waals surface area contributed by atoms with E-state index in [0.717, 1.165) is 50.2 Å². The first-order chi connectivity index (χ1) is 15.2. The Labute approximate surface area is 186 Å². The van der Waals surface area contributed by atoms with Gasteiger partial charge in [-0.05, 0) is 92.1 Å². The Morgan fingerprint density at radius 1 is 0.903 bits per heavy atom. The number of hydrogen-bond acceptors (Lipinski definition) is 3. The van der Waals surface area contributed by atoms with Gasteiger partial charge < -0.3 is 4.74 Å². The number of ether oxygens (including phenoxy) is 1. The van der Waals surface area contributed by atoms with Gasteiger partial charge in [0.25, 0.3) is 0 Å². The van der Waals surface area contributed by atoms with Crippen LogP contribution in [-0.4, -0.2) is 29.8 Å². The number of rotatable bonds is 6. The Hall–Kier alpha value is -2.13. The highest BCUT2D eigenvalue weighted by Crippen LogP contribution is 2.36. The molecule has 2 aliphatic carbocycles. The molecule has 1 heterocycles. The topological polar surface area (TPSA) is 29.5 Å². The van der Waals surface area contributed by atoms with Crippen LogP contribution in [0.25, 0.3) is 0 Å². The Balaban J connectivity index is 1.32. The van der Waals surface area contributed by atoms with Crippen molar-refractivity contribution >= 4 is 5.78 Å². The fraction of sp³-hybridized carbons (Fsp3) is 0.536. The fourth-order valence-corrected chi connectivity index (χ4v) is 5.53. The van der Waals surface area contributed by atoms with Gasteiger partial charge in [-0.1, -0.05) is 36.4 Å². The minimum absolute atomic E-state index is 0.469. The SMILES string of the molecule is O=C1CCC(C2Cc3ccc(OCc4ccccc4)cc3CCCN2CC2CC2)CC1. The van der Waals surface area contributed by atoms with Crippen molar-refractivity contribution in [2.45, 2.75) is 70.4 Å². The van der Waals surface area contributed by atoms with E-state index in [1.54, 1.807) is 0 Å². The van der Waals surface area contributed by atoms with Gasteiger partial charge in [0.2, 0.25) is 0 Å². The van der Waals surface area contributed by atoms with Crippen molar-refractivity contribution in [1.29, 1.82) is 0 Å². The molecule has 3 aliphatic rings. The minimum Gasteiger partial charge on any atom is -0.489 e. The molecule has 0 amide bonds. The standard InChI is InChI=1S/C28H35NO2/c30-26-13-10-23(11-14-26)28-18-25-12-15-27(31-20-22-5-2-1-3-6-22)17-24(25)7-4-16-29(28)19-21-8-9-21/h1-3,5-6,12,15,17,21,23,28H,4,7-11,13-14,16,18-20H2. The second-order valence-electron chi connectivity index (χ2n) is 9.89. The van der Waals surface area contributed by atoms with Crippen LogP contribution < -0.4 is 4.74 Å². The highest BCUT2D eigenvalue weighted by Gasteiger charge is 2.35. The number of ketones is 1. The molecule has 31 heavy (non-hydrogen) atoms. The zero-order valence-corrected chi connectivity index (χ0v) is 18.6. The number of benzene rings is 2. The lowest BCUT2D eigenvalue weighted by Crippen LogP contribution is -2.46. The number of hydrogen-bond donors (Lipinski definition) is 0. The van der Waals surface area contributed by atoms with Crippen molar-refractivity contribution < 1.29 is 9.53 Å². The smallest absolute Gasteiger partial charge is 0.132 e. The van der Waals surface area contributed by atoms with Crippen molar-refractivity contribution in [1.82, 2.24) is 4.90 Å².